The number of ether oxygens (including phenoxy) is 1. The molecule has 1 amide bonds. The van der Waals surface area contributed by atoms with E-state index in [-0.39, 0.29) is 22.0 Å². The second kappa shape index (κ2) is 6.72. The second-order valence-corrected chi connectivity index (χ2v) is 7.83. The molecule has 0 aliphatic heterocycles. The van der Waals surface area contributed by atoms with Crippen molar-refractivity contribution in [1.82, 2.24) is 10.0 Å². The van der Waals surface area contributed by atoms with E-state index < -0.39 is 10.0 Å². The van der Waals surface area contributed by atoms with E-state index in [2.05, 4.69) is 17.0 Å². The Morgan fingerprint density at radius 3 is 2.65 bits per heavy atom. The molecule has 0 heterocycles. The topological polar surface area (TPSA) is 84.5 Å². The molecule has 1 fully saturated rings. The maximum Gasteiger partial charge on any atom is 0.244 e. The molecular formula is C16H22N2O4S. The molecule has 1 aromatic rings. The van der Waals surface area contributed by atoms with Gasteiger partial charge in [0.15, 0.2) is 0 Å². The summed E-state index contributed by atoms with van der Waals surface area (Å²) in [5.41, 5.74) is 0.852. The van der Waals surface area contributed by atoms with Crippen LogP contribution in [-0.2, 0) is 14.8 Å². The minimum atomic E-state index is -3.63. The van der Waals surface area contributed by atoms with Gasteiger partial charge in [0.05, 0.1) is 7.11 Å². The number of carbonyl (C=O) groups excluding carboxylic acids is 1. The van der Waals surface area contributed by atoms with Gasteiger partial charge < -0.3 is 10.1 Å². The van der Waals surface area contributed by atoms with Crippen molar-refractivity contribution >= 4 is 22.0 Å². The largest absolute Gasteiger partial charge is 0.495 e. The van der Waals surface area contributed by atoms with Crippen molar-refractivity contribution in [2.45, 2.75) is 24.7 Å². The number of carbonyl (C=O) groups is 1. The number of methoxy groups -OCH3 is 1. The summed E-state index contributed by atoms with van der Waals surface area (Å²) in [6.45, 7) is 2.80. The average molecular weight is 338 g/mol. The summed E-state index contributed by atoms with van der Waals surface area (Å²) in [5, 5.41) is 2.85. The fourth-order valence-corrected chi connectivity index (χ4v) is 2.97. The Hall–Kier alpha value is -1.86. The molecule has 2 N–H and O–H groups in total. The molecule has 7 heteroatoms. The lowest BCUT2D eigenvalue weighted by Crippen LogP contribution is -2.27. The molecule has 0 bridgehead atoms. The third kappa shape index (κ3) is 4.56. The number of sulfonamides is 1. The van der Waals surface area contributed by atoms with E-state index >= 15 is 0 Å². The van der Waals surface area contributed by atoms with Crippen molar-refractivity contribution in [1.29, 1.82) is 0 Å². The monoisotopic (exact) mass is 338 g/mol. The average Bonchev–Trinajstić information content (AvgIpc) is 3.28. The Bertz CT molecular complexity index is 722. The van der Waals surface area contributed by atoms with E-state index in [1.807, 2.05) is 0 Å². The standard InChI is InChI=1S/C16H22N2O4S/c1-16(8-9-16)11-18-15(19)7-5-12-4-6-13(22-3)14(10-12)23(20,21)17-2/h4-7,10,17H,8-9,11H2,1-3H3,(H,18,19). The van der Waals surface area contributed by atoms with Crippen molar-refractivity contribution in [3.63, 3.8) is 0 Å². The van der Waals surface area contributed by atoms with Crippen molar-refractivity contribution in [2.75, 3.05) is 20.7 Å². The van der Waals surface area contributed by atoms with E-state index in [0.717, 1.165) is 12.8 Å². The summed E-state index contributed by atoms with van der Waals surface area (Å²) in [7, 11) is -0.888. The summed E-state index contributed by atoms with van der Waals surface area (Å²) in [6, 6.07) is 4.73. The quantitative estimate of drug-likeness (QED) is 0.739. The van der Waals surface area contributed by atoms with Crippen LogP contribution in [0.5, 0.6) is 5.75 Å². The van der Waals surface area contributed by atoms with E-state index in [1.165, 1.54) is 26.3 Å². The Morgan fingerprint density at radius 1 is 1.39 bits per heavy atom. The van der Waals surface area contributed by atoms with E-state index in [4.69, 9.17) is 4.74 Å². The maximum atomic E-state index is 12.0. The summed E-state index contributed by atoms with van der Waals surface area (Å²) in [4.78, 5) is 11.8. The Kier molecular flexibility index (Phi) is 5.11. The number of amides is 1. The van der Waals surface area contributed by atoms with Gasteiger partial charge in [0.25, 0.3) is 0 Å². The number of benzene rings is 1. The molecule has 6 nitrogen and oxygen atoms in total. The minimum absolute atomic E-state index is 0.0375. The van der Waals surface area contributed by atoms with Crippen molar-refractivity contribution in [3.05, 3.63) is 29.8 Å². The third-order valence-electron chi connectivity index (χ3n) is 3.97. The first-order chi connectivity index (χ1) is 10.8. The molecule has 23 heavy (non-hydrogen) atoms. The lowest BCUT2D eigenvalue weighted by atomic mass is 10.1. The number of hydrogen-bond acceptors (Lipinski definition) is 4. The molecule has 1 aliphatic rings. The van der Waals surface area contributed by atoms with Gasteiger partial charge >= 0.3 is 0 Å². The lowest BCUT2D eigenvalue weighted by molar-refractivity contribution is -0.116. The van der Waals surface area contributed by atoms with Gasteiger partial charge in [-0.05, 0) is 49.1 Å². The van der Waals surface area contributed by atoms with Crippen molar-refractivity contribution in [3.8, 4) is 5.75 Å². The van der Waals surface area contributed by atoms with E-state index in [0.29, 0.717) is 12.1 Å². The van der Waals surface area contributed by atoms with Gasteiger partial charge in [-0.15, -0.1) is 0 Å². The second-order valence-electron chi connectivity index (χ2n) is 5.98. The van der Waals surface area contributed by atoms with Crippen molar-refractivity contribution < 1.29 is 17.9 Å². The first-order valence-corrected chi connectivity index (χ1v) is 8.85. The summed E-state index contributed by atoms with van der Waals surface area (Å²) in [5.74, 6) is 0.0644. The van der Waals surface area contributed by atoms with Crippen LogP contribution in [0.1, 0.15) is 25.3 Å². The first kappa shape index (κ1) is 17.5. The number of rotatable bonds is 7. The van der Waals surface area contributed by atoms with Crippen LogP contribution in [0, 0.1) is 5.41 Å². The molecule has 1 aromatic carbocycles. The molecule has 0 aromatic heterocycles. The predicted octanol–water partition coefficient (Wildman–Crippen LogP) is 1.53. The fourth-order valence-electron chi connectivity index (χ4n) is 2.04. The van der Waals surface area contributed by atoms with Crippen LogP contribution < -0.4 is 14.8 Å². The SMILES string of the molecule is CNS(=O)(=O)c1cc(C=CC(=O)NCC2(C)CC2)ccc1OC. The van der Waals surface area contributed by atoms with Gasteiger partial charge in [-0.1, -0.05) is 13.0 Å². The molecule has 0 unspecified atom stereocenters. The number of nitrogens with one attached hydrogen (secondary N) is 2. The zero-order valence-electron chi connectivity index (χ0n) is 13.5. The van der Waals surface area contributed by atoms with Gasteiger partial charge in [0.2, 0.25) is 15.9 Å². The molecule has 126 valence electrons. The smallest absolute Gasteiger partial charge is 0.244 e. The van der Waals surface area contributed by atoms with Crippen LogP contribution in [0.3, 0.4) is 0 Å². The molecule has 0 atom stereocenters. The lowest BCUT2D eigenvalue weighted by Gasteiger charge is -2.10. The zero-order chi connectivity index (χ0) is 17.1. The normalized spacial score (nSPS) is 16.3. The predicted molar refractivity (Wildman–Crippen MR) is 88.6 cm³/mol. The Labute approximate surface area is 137 Å². The molecule has 2 rings (SSSR count). The van der Waals surface area contributed by atoms with E-state index in [1.54, 1.807) is 18.2 Å². The highest BCUT2D eigenvalue weighted by atomic mass is 32.2. The van der Waals surface area contributed by atoms with Gasteiger partial charge in [-0.3, -0.25) is 4.79 Å². The molecule has 0 spiro atoms. The molecule has 0 saturated heterocycles. The Morgan fingerprint density at radius 2 is 2.09 bits per heavy atom. The van der Waals surface area contributed by atoms with Crippen LogP contribution in [0.4, 0.5) is 0 Å². The zero-order valence-corrected chi connectivity index (χ0v) is 14.4. The molecule has 1 saturated carbocycles. The summed E-state index contributed by atoms with van der Waals surface area (Å²) >= 11 is 0. The highest BCUT2D eigenvalue weighted by Crippen LogP contribution is 2.43. The van der Waals surface area contributed by atoms with Crippen LogP contribution in [-0.4, -0.2) is 35.0 Å². The fraction of sp³-hybridized carbons (Fsp3) is 0.438. The van der Waals surface area contributed by atoms with Crippen molar-refractivity contribution in [2.24, 2.45) is 5.41 Å². The summed E-state index contributed by atoms with van der Waals surface area (Å²) in [6.07, 6.45) is 5.27. The third-order valence-corrected chi connectivity index (χ3v) is 5.40. The van der Waals surface area contributed by atoms with Gasteiger partial charge in [-0.2, -0.15) is 0 Å². The Balaban J connectivity index is 2.12. The molecule has 0 radical (unpaired) electrons. The highest BCUT2D eigenvalue weighted by molar-refractivity contribution is 7.89. The van der Waals surface area contributed by atoms with Gasteiger partial charge in [-0.25, -0.2) is 13.1 Å². The van der Waals surface area contributed by atoms with Crippen LogP contribution in [0.15, 0.2) is 29.2 Å². The van der Waals surface area contributed by atoms with Crippen LogP contribution >= 0.6 is 0 Å². The summed E-state index contributed by atoms with van der Waals surface area (Å²) < 4.78 is 31.3. The van der Waals surface area contributed by atoms with Gasteiger partial charge in [0.1, 0.15) is 10.6 Å². The van der Waals surface area contributed by atoms with Crippen LogP contribution in [0.2, 0.25) is 0 Å². The number of hydrogen-bond donors (Lipinski definition) is 2. The highest BCUT2D eigenvalue weighted by Gasteiger charge is 2.37. The van der Waals surface area contributed by atoms with Gasteiger partial charge in [0, 0.05) is 12.6 Å². The first-order valence-electron chi connectivity index (χ1n) is 7.37. The maximum absolute atomic E-state index is 12.0. The van der Waals surface area contributed by atoms with E-state index in [9.17, 15) is 13.2 Å². The minimum Gasteiger partial charge on any atom is -0.495 e. The van der Waals surface area contributed by atoms with Crippen LogP contribution in [0.25, 0.3) is 6.08 Å². The molecule has 1 aliphatic carbocycles. The molecular weight excluding hydrogens is 316 g/mol.